The Morgan fingerprint density at radius 3 is 2.60 bits per heavy atom. The number of fused-ring (bicyclic) bond motifs is 1. The van der Waals surface area contributed by atoms with Gasteiger partial charge in [0.2, 0.25) is 0 Å². The molecular weight excluding hydrogens is 246 g/mol. The van der Waals surface area contributed by atoms with Crippen molar-refractivity contribution >= 4 is 11.0 Å². The van der Waals surface area contributed by atoms with Crippen LogP contribution in [-0.4, -0.2) is 16.5 Å². The standard InChI is InChI=1S/C17H15N3/c18-11-10-17-19-15-9-8-14(12-16(15)20-17)7-6-13-4-2-1-3-5-13/h1-5,8-9,12H,10-11,18H2,(H,19,20). The fraction of sp³-hybridized carbons (Fsp3) is 0.118. The molecule has 0 aliphatic rings. The Kier molecular flexibility index (Phi) is 3.49. The van der Waals surface area contributed by atoms with Gasteiger partial charge in [0.25, 0.3) is 0 Å². The zero-order valence-electron chi connectivity index (χ0n) is 11.1. The van der Waals surface area contributed by atoms with Crippen molar-refractivity contribution in [2.75, 3.05) is 6.54 Å². The van der Waals surface area contributed by atoms with Crippen molar-refractivity contribution in [3.63, 3.8) is 0 Å². The first-order valence-electron chi connectivity index (χ1n) is 6.61. The molecule has 1 aromatic heterocycles. The molecule has 0 amide bonds. The largest absolute Gasteiger partial charge is 0.342 e. The van der Waals surface area contributed by atoms with E-state index < -0.39 is 0 Å². The lowest BCUT2D eigenvalue weighted by molar-refractivity contribution is 0.900. The molecule has 0 aliphatic carbocycles. The van der Waals surface area contributed by atoms with Gasteiger partial charge in [0, 0.05) is 17.5 Å². The number of aromatic amines is 1. The molecule has 0 atom stereocenters. The normalized spacial score (nSPS) is 10.2. The van der Waals surface area contributed by atoms with Crippen LogP contribution in [0.4, 0.5) is 0 Å². The third kappa shape index (κ3) is 2.71. The van der Waals surface area contributed by atoms with Crippen LogP contribution in [-0.2, 0) is 6.42 Å². The minimum absolute atomic E-state index is 0.598. The Morgan fingerprint density at radius 1 is 1.00 bits per heavy atom. The van der Waals surface area contributed by atoms with Gasteiger partial charge in [-0.25, -0.2) is 4.98 Å². The highest BCUT2D eigenvalue weighted by molar-refractivity contribution is 5.77. The average Bonchev–Trinajstić information content (AvgIpc) is 2.88. The van der Waals surface area contributed by atoms with Crippen molar-refractivity contribution < 1.29 is 0 Å². The highest BCUT2D eigenvalue weighted by atomic mass is 14.9. The highest BCUT2D eigenvalue weighted by Crippen LogP contribution is 2.13. The van der Waals surface area contributed by atoms with E-state index in [-0.39, 0.29) is 0 Å². The Morgan fingerprint density at radius 2 is 1.80 bits per heavy atom. The zero-order chi connectivity index (χ0) is 13.8. The summed E-state index contributed by atoms with van der Waals surface area (Å²) in [7, 11) is 0. The third-order valence-electron chi connectivity index (χ3n) is 3.04. The molecule has 0 aliphatic heterocycles. The van der Waals surface area contributed by atoms with Crippen LogP contribution in [0.5, 0.6) is 0 Å². The van der Waals surface area contributed by atoms with Crippen LogP contribution in [0.25, 0.3) is 11.0 Å². The summed E-state index contributed by atoms with van der Waals surface area (Å²) in [6.07, 6.45) is 0.764. The average molecular weight is 261 g/mol. The molecule has 3 rings (SSSR count). The minimum atomic E-state index is 0.598. The highest BCUT2D eigenvalue weighted by Gasteiger charge is 2.02. The Bertz CT molecular complexity index is 776. The first kappa shape index (κ1) is 12.5. The van der Waals surface area contributed by atoms with E-state index in [1.54, 1.807) is 0 Å². The predicted molar refractivity (Wildman–Crippen MR) is 81.3 cm³/mol. The SMILES string of the molecule is NCCc1nc2ccc(C#Cc3ccccc3)cc2[nH]1. The maximum atomic E-state index is 5.54. The molecule has 98 valence electrons. The molecule has 3 nitrogen and oxygen atoms in total. The van der Waals surface area contributed by atoms with Gasteiger partial charge in [-0.1, -0.05) is 30.0 Å². The van der Waals surface area contributed by atoms with E-state index in [9.17, 15) is 0 Å². The summed E-state index contributed by atoms with van der Waals surface area (Å²) in [6, 6.07) is 16.0. The molecule has 0 saturated carbocycles. The summed E-state index contributed by atoms with van der Waals surface area (Å²) >= 11 is 0. The number of nitrogens with zero attached hydrogens (tertiary/aromatic N) is 1. The van der Waals surface area contributed by atoms with E-state index in [2.05, 4.69) is 21.8 Å². The summed E-state index contributed by atoms with van der Waals surface area (Å²) in [4.78, 5) is 7.75. The van der Waals surface area contributed by atoms with Crippen molar-refractivity contribution in [3.05, 3.63) is 65.5 Å². The van der Waals surface area contributed by atoms with E-state index in [0.717, 1.165) is 34.4 Å². The summed E-state index contributed by atoms with van der Waals surface area (Å²) in [5.41, 5.74) is 9.50. The molecule has 0 fully saturated rings. The Hall–Kier alpha value is -2.57. The zero-order valence-corrected chi connectivity index (χ0v) is 11.1. The number of nitrogens with two attached hydrogens (primary N) is 1. The van der Waals surface area contributed by atoms with Gasteiger partial charge in [0.15, 0.2) is 0 Å². The van der Waals surface area contributed by atoms with E-state index in [4.69, 9.17) is 5.73 Å². The van der Waals surface area contributed by atoms with Crippen molar-refractivity contribution in [1.29, 1.82) is 0 Å². The molecule has 0 bridgehead atoms. The molecule has 0 unspecified atom stereocenters. The number of imidazole rings is 1. The van der Waals surface area contributed by atoms with Gasteiger partial charge in [0.05, 0.1) is 11.0 Å². The summed E-state index contributed by atoms with van der Waals surface area (Å²) in [5, 5.41) is 0. The van der Waals surface area contributed by atoms with Gasteiger partial charge in [-0.3, -0.25) is 0 Å². The topological polar surface area (TPSA) is 54.7 Å². The van der Waals surface area contributed by atoms with Gasteiger partial charge < -0.3 is 10.7 Å². The summed E-state index contributed by atoms with van der Waals surface area (Å²) in [5.74, 6) is 7.25. The third-order valence-corrected chi connectivity index (χ3v) is 3.04. The smallest absolute Gasteiger partial charge is 0.108 e. The molecule has 1 heterocycles. The maximum absolute atomic E-state index is 5.54. The number of aromatic nitrogens is 2. The lowest BCUT2D eigenvalue weighted by Gasteiger charge is -1.91. The maximum Gasteiger partial charge on any atom is 0.108 e. The lowest BCUT2D eigenvalue weighted by atomic mass is 10.1. The monoisotopic (exact) mass is 261 g/mol. The molecule has 0 saturated heterocycles. The number of hydrogen-bond acceptors (Lipinski definition) is 2. The van der Waals surface area contributed by atoms with Crippen LogP contribution in [0.2, 0.25) is 0 Å². The van der Waals surface area contributed by atoms with Crippen molar-refractivity contribution in [3.8, 4) is 11.8 Å². The number of H-pyrrole nitrogens is 1. The van der Waals surface area contributed by atoms with Crippen molar-refractivity contribution in [1.82, 2.24) is 9.97 Å². The van der Waals surface area contributed by atoms with Gasteiger partial charge in [-0.15, -0.1) is 0 Å². The molecule has 20 heavy (non-hydrogen) atoms. The van der Waals surface area contributed by atoms with Gasteiger partial charge >= 0.3 is 0 Å². The van der Waals surface area contributed by atoms with Crippen LogP contribution in [0.15, 0.2) is 48.5 Å². The Balaban J connectivity index is 1.91. The van der Waals surface area contributed by atoms with Gasteiger partial charge in [-0.2, -0.15) is 0 Å². The number of nitrogens with one attached hydrogen (secondary N) is 1. The quantitative estimate of drug-likeness (QED) is 0.696. The molecule has 0 radical (unpaired) electrons. The van der Waals surface area contributed by atoms with Crippen LogP contribution >= 0.6 is 0 Å². The lowest BCUT2D eigenvalue weighted by Crippen LogP contribution is -2.03. The molecular formula is C17H15N3. The number of rotatable bonds is 2. The summed E-state index contributed by atoms with van der Waals surface area (Å²) in [6.45, 7) is 0.598. The summed E-state index contributed by atoms with van der Waals surface area (Å²) < 4.78 is 0. The number of hydrogen-bond donors (Lipinski definition) is 2. The number of benzene rings is 2. The first-order valence-corrected chi connectivity index (χ1v) is 6.61. The molecule has 3 heteroatoms. The van der Waals surface area contributed by atoms with E-state index in [0.29, 0.717) is 6.54 Å². The second-order valence-electron chi connectivity index (χ2n) is 4.57. The predicted octanol–water partition coefficient (Wildman–Crippen LogP) is 2.46. The molecule has 3 aromatic rings. The van der Waals surface area contributed by atoms with Gasteiger partial charge in [-0.05, 0) is 36.9 Å². The van der Waals surface area contributed by atoms with Gasteiger partial charge in [0.1, 0.15) is 5.82 Å². The van der Waals surface area contributed by atoms with Crippen molar-refractivity contribution in [2.24, 2.45) is 5.73 Å². The van der Waals surface area contributed by atoms with E-state index in [1.165, 1.54) is 0 Å². The Labute approximate surface area is 117 Å². The van der Waals surface area contributed by atoms with Crippen molar-refractivity contribution in [2.45, 2.75) is 6.42 Å². The first-order chi connectivity index (χ1) is 9.85. The molecule has 3 N–H and O–H groups in total. The fourth-order valence-corrected chi connectivity index (χ4v) is 2.06. The molecule has 2 aromatic carbocycles. The fourth-order valence-electron chi connectivity index (χ4n) is 2.06. The molecule has 0 spiro atoms. The second kappa shape index (κ2) is 5.60. The van der Waals surface area contributed by atoms with E-state index >= 15 is 0 Å². The van der Waals surface area contributed by atoms with E-state index in [1.807, 2.05) is 48.5 Å². The minimum Gasteiger partial charge on any atom is -0.342 e. The van der Waals surface area contributed by atoms with Crippen LogP contribution < -0.4 is 5.73 Å². The van der Waals surface area contributed by atoms with Crippen LogP contribution in [0.1, 0.15) is 17.0 Å². The van der Waals surface area contributed by atoms with Crippen LogP contribution in [0, 0.1) is 11.8 Å². The van der Waals surface area contributed by atoms with Crippen LogP contribution in [0.3, 0.4) is 0 Å². The second-order valence-corrected chi connectivity index (χ2v) is 4.57.